The van der Waals surface area contributed by atoms with Gasteiger partial charge in [-0.25, -0.2) is 0 Å². The van der Waals surface area contributed by atoms with E-state index in [4.69, 9.17) is 15.9 Å². The molecule has 1 aromatic carbocycles. The molecule has 0 radical (unpaired) electrons. The molecule has 0 aliphatic carbocycles. The molecule has 2 aliphatic rings. The van der Waals surface area contributed by atoms with Crippen LogP contribution in [-0.2, 0) is 17.8 Å². The summed E-state index contributed by atoms with van der Waals surface area (Å²) in [5.41, 5.74) is 9.06. The number of nitrogens with one attached hydrogen (secondary N) is 1. The van der Waals surface area contributed by atoms with Gasteiger partial charge >= 0.3 is 5.97 Å². The van der Waals surface area contributed by atoms with Gasteiger partial charge in [0.2, 0.25) is 0 Å². The number of nitrogens with two attached hydrogens (primary N) is 1. The fourth-order valence-electron chi connectivity index (χ4n) is 4.39. The van der Waals surface area contributed by atoms with E-state index in [9.17, 15) is 9.90 Å². The molecule has 2 aliphatic heterocycles. The highest BCUT2D eigenvalue weighted by atomic mass is 35.5. The van der Waals surface area contributed by atoms with Crippen LogP contribution in [0.5, 0.6) is 5.75 Å². The van der Waals surface area contributed by atoms with Gasteiger partial charge in [-0.3, -0.25) is 15.2 Å². The van der Waals surface area contributed by atoms with Crippen LogP contribution in [0.25, 0.3) is 0 Å². The number of carboxylic acid groups (broad SMARTS) is 1. The van der Waals surface area contributed by atoms with Crippen molar-refractivity contribution in [2.24, 2.45) is 11.1 Å². The van der Waals surface area contributed by atoms with Crippen LogP contribution in [0.2, 0.25) is 0 Å². The molecule has 4 rings (SSSR count). The van der Waals surface area contributed by atoms with Crippen LogP contribution in [0, 0.1) is 17.7 Å². The first-order valence-electron chi connectivity index (χ1n) is 10.6. The van der Waals surface area contributed by atoms with Crippen molar-refractivity contribution in [2.45, 2.75) is 32.7 Å². The molecule has 3 heterocycles. The summed E-state index contributed by atoms with van der Waals surface area (Å²) in [5.74, 6) is -0.0753. The van der Waals surface area contributed by atoms with Crippen molar-refractivity contribution in [3.05, 3.63) is 53.3 Å². The minimum Gasteiger partial charge on any atom is -0.492 e. The first-order chi connectivity index (χ1) is 14.9. The van der Waals surface area contributed by atoms with Crippen molar-refractivity contribution < 1.29 is 14.6 Å². The van der Waals surface area contributed by atoms with E-state index in [1.807, 2.05) is 42.2 Å². The maximum absolute atomic E-state index is 12.2. The quantitative estimate of drug-likeness (QED) is 0.465. The molecule has 1 aromatic heterocycles. The van der Waals surface area contributed by atoms with Crippen molar-refractivity contribution in [3.8, 4) is 5.75 Å². The molecule has 1 fully saturated rings. The van der Waals surface area contributed by atoms with Crippen molar-refractivity contribution in [2.75, 3.05) is 31.1 Å². The Hall–Kier alpha value is -3.00. The predicted molar refractivity (Wildman–Crippen MR) is 126 cm³/mol. The van der Waals surface area contributed by atoms with E-state index in [1.165, 1.54) is 5.56 Å². The normalized spacial score (nSPS) is 17.2. The first-order valence-corrected chi connectivity index (χ1v) is 10.6. The maximum Gasteiger partial charge on any atom is 0.313 e. The second-order valence-corrected chi connectivity index (χ2v) is 8.50. The largest absolute Gasteiger partial charge is 0.492 e. The summed E-state index contributed by atoms with van der Waals surface area (Å²) in [6, 6.07) is 9.89. The van der Waals surface area contributed by atoms with Crippen LogP contribution in [0.15, 0.2) is 36.5 Å². The highest BCUT2D eigenvalue weighted by Crippen LogP contribution is 2.35. The number of rotatable bonds is 5. The Kier molecular flexibility index (Phi) is 7.13. The minimum atomic E-state index is -0.903. The smallest absolute Gasteiger partial charge is 0.313 e. The van der Waals surface area contributed by atoms with E-state index in [2.05, 4.69) is 9.88 Å². The fourth-order valence-corrected chi connectivity index (χ4v) is 4.39. The Balaban J connectivity index is 0.00000289. The Bertz CT molecular complexity index is 991. The average molecular weight is 460 g/mol. The molecule has 172 valence electrons. The van der Waals surface area contributed by atoms with Gasteiger partial charge in [0.15, 0.2) is 5.96 Å². The zero-order valence-electron chi connectivity index (χ0n) is 18.2. The van der Waals surface area contributed by atoms with E-state index >= 15 is 0 Å². The molecule has 4 N–H and O–H groups in total. The number of carboxylic acids is 1. The van der Waals surface area contributed by atoms with Gasteiger partial charge in [-0.05, 0) is 61.6 Å². The Morgan fingerprint density at radius 1 is 1.22 bits per heavy atom. The van der Waals surface area contributed by atoms with Crippen molar-refractivity contribution >= 4 is 30.0 Å². The number of hydrogen-bond acceptors (Lipinski definition) is 5. The molecule has 1 saturated heterocycles. The van der Waals surface area contributed by atoms with Crippen LogP contribution in [0.4, 0.5) is 5.69 Å². The summed E-state index contributed by atoms with van der Waals surface area (Å²) in [6.45, 7) is 4.73. The number of aliphatic carboxylic acids is 1. The molecule has 9 heteroatoms. The third kappa shape index (κ3) is 4.91. The number of halogens is 1. The Morgan fingerprint density at radius 2 is 1.97 bits per heavy atom. The van der Waals surface area contributed by atoms with E-state index in [0.29, 0.717) is 38.2 Å². The second-order valence-electron chi connectivity index (χ2n) is 8.50. The number of hydrogen-bond donors (Lipinski definition) is 3. The van der Waals surface area contributed by atoms with Crippen LogP contribution >= 0.6 is 12.4 Å². The van der Waals surface area contributed by atoms with Gasteiger partial charge in [-0.15, -0.1) is 12.4 Å². The summed E-state index contributed by atoms with van der Waals surface area (Å²) in [4.78, 5) is 20.5. The minimum absolute atomic E-state index is 0. The second kappa shape index (κ2) is 9.65. The van der Waals surface area contributed by atoms with E-state index in [0.717, 1.165) is 29.9 Å². The zero-order chi connectivity index (χ0) is 22.0. The molecule has 0 unspecified atom stereocenters. The van der Waals surface area contributed by atoms with E-state index < -0.39 is 11.4 Å². The lowest BCUT2D eigenvalue weighted by atomic mass is 9.79. The molecule has 0 saturated carbocycles. The average Bonchev–Trinajstić information content (AvgIpc) is 2.77. The number of pyridine rings is 1. The van der Waals surface area contributed by atoms with Gasteiger partial charge < -0.3 is 25.4 Å². The SMILES string of the molecule is Cc1cc(N2CCC(COc3ccc4c(c3)CN(C(=N)N)CC4)(C(=O)O)CC2)ccn1.Cl. The van der Waals surface area contributed by atoms with Crippen LogP contribution < -0.4 is 15.4 Å². The number of aromatic nitrogens is 1. The lowest BCUT2D eigenvalue weighted by Gasteiger charge is -2.39. The van der Waals surface area contributed by atoms with Crippen LogP contribution in [0.1, 0.15) is 29.7 Å². The van der Waals surface area contributed by atoms with Crippen LogP contribution in [-0.4, -0.2) is 53.2 Å². The number of fused-ring (bicyclic) bond motifs is 1. The Labute approximate surface area is 194 Å². The number of anilines is 1. The molecule has 32 heavy (non-hydrogen) atoms. The van der Waals surface area contributed by atoms with Gasteiger partial charge in [0, 0.05) is 43.8 Å². The van der Waals surface area contributed by atoms with Gasteiger partial charge in [0.25, 0.3) is 0 Å². The maximum atomic E-state index is 12.2. The Morgan fingerprint density at radius 3 is 2.62 bits per heavy atom. The molecule has 0 atom stereocenters. The number of nitrogens with zero attached hydrogens (tertiary/aromatic N) is 3. The fraction of sp³-hybridized carbons (Fsp3) is 0.435. The number of aryl methyl sites for hydroxylation is 1. The highest BCUT2D eigenvalue weighted by Gasteiger charge is 2.42. The molecule has 0 bridgehead atoms. The molecular weight excluding hydrogens is 430 g/mol. The van der Waals surface area contributed by atoms with E-state index in [-0.39, 0.29) is 25.0 Å². The monoisotopic (exact) mass is 459 g/mol. The third-order valence-electron chi connectivity index (χ3n) is 6.47. The molecule has 0 amide bonds. The standard InChI is InChI=1S/C23H29N5O3.ClH/c1-16-12-19(4-8-26-16)27-10-6-23(7-11-27,21(29)30)15-31-20-3-2-17-5-9-28(22(24)25)14-18(17)13-20;/h2-4,8,12-13H,5-7,9-11,14-15H2,1H3,(H3,24,25)(H,29,30);1H. The number of ether oxygens (including phenoxy) is 1. The summed E-state index contributed by atoms with van der Waals surface area (Å²) >= 11 is 0. The number of carbonyl (C=O) groups is 1. The van der Waals surface area contributed by atoms with Gasteiger partial charge in [-0.2, -0.15) is 0 Å². The van der Waals surface area contributed by atoms with E-state index in [1.54, 1.807) is 6.20 Å². The lowest BCUT2D eigenvalue weighted by molar-refractivity contribution is -0.152. The molecule has 8 nitrogen and oxygen atoms in total. The molecule has 0 spiro atoms. The summed E-state index contributed by atoms with van der Waals surface area (Å²) in [7, 11) is 0. The van der Waals surface area contributed by atoms with Gasteiger partial charge in [0.05, 0.1) is 0 Å². The zero-order valence-corrected chi connectivity index (χ0v) is 19.0. The highest BCUT2D eigenvalue weighted by molar-refractivity contribution is 5.85. The summed E-state index contributed by atoms with van der Waals surface area (Å²) < 4.78 is 6.02. The molecular formula is C23H30ClN5O3. The summed E-state index contributed by atoms with van der Waals surface area (Å²) in [6.07, 6.45) is 3.66. The number of piperidine rings is 1. The molecule has 2 aromatic rings. The lowest BCUT2D eigenvalue weighted by Crippen LogP contribution is -2.47. The van der Waals surface area contributed by atoms with Gasteiger partial charge in [-0.1, -0.05) is 6.07 Å². The summed E-state index contributed by atoms with van der Waals surface area (Å²) in [5, 5.41) is 17.7. The van der Waals surface area contributed by atoms with Crippen molar-refractivity contribution in [1.29, 1.82) is 5.41 Å². The number of benzene rings is 1. The topological polar surface area (TPSA) is 116 Å². The third-order valence-corrected chi connectivity index (χ3v) is 6.47. The van der Waals surface area contributed by atoms with Gasteiger partial charge in [0.1, 0.15) is 17.8 Å². The van der Waals surface area contributed by atoms with Crippen molar-refractivity contribution in [1.82, 2.24) is 9.88 Å². The van der Waals surface area contributed by atoms with Crippen molar-refractivity contribution in [3.63, 3.8) is 0 Å². The number of guanidine groups is 1. The first kappa shape index (κ1) is 23.7. The predicted octanol–water partition coefficient (Wildman–Crippen LogP) is 2.81. The van der Waals surface area contributed by atoms with Crippen LogP contribution in [0.3, 0.4) is 0 Å².